The van der Waals surface area contributed by atoms with Crippen LogP contribution in [0.5, 0.6) is 0 Å². The Bertz CT molecular complexity index is 307. The molecular formula is C14H20O2. The van der Waals surface area contributed by atoms with E-state index in [-0.39, 0.29) is 0 Å². The number of carboxylic acids is 1. The molecule has 4 fully saturated rings. The van der Waals surface area contributed by atoms with Crippen LogP contribution in [0.1, 0.15) is 44.9 Å². The zero-order chi connectivity index (χ0) is 11.3. The number of rotatable bonds is 3. The maximum Gasteiger partial charge on any atom is 0.330 e. The first-order valence-corrected chi connectivity index (χ1v) is 6.47. The molecule has 0 unspecified atom stereocenters. The topological polar surface area (TPSA) is 37.3 Å². The monoisotopic (exact) mass is 220 g/mol. The lowest BCUT2D eigenvalue weighted by Crippen LogP contribution is -2.46. The van der Waals surface area contributed by atoms with E-state index < -0.39 is 5.97 Å². The molecule has 4 bridgehead atoms. The fourth-order valence-corrected chi connectivity index (χ4v) is 5.03. The fraction of sp³-hybridized carbons (Fsp3) is 0.786. The highest BCUT2D eigenvalue weighted by Gasteiger charge is 2.50. The van der Waals surface area contributed by atoms with Gasteiger partial charge in [0.1, 0.15) is 0 Å². The summed E-state index contributed by atoms with van der Waals surface area (Å²) < 4.78 is 0. The number of carboxylic acid groups (broad SMARTS) is 1. The van der Waals surface area contributed by atoms with Crippen LogP contribution in [-0.2, 0) is 4.79 Å². The van der Waals surface area contributed by atoms with E-state index in [1.807, 2.05) is 0 Å². The second-order valence-corrected chi connectivity index (χ2v) is 6.50. The van der Waals surface area contributed by atoms with Crippen LogP contribution >= 0.6 is 0 Å². The molecule has 0 atom stereocenters. The number of hydrogen-bond acceptors (Lipinski definition) is 1. The van der Waals surface area contributed by atoms with E-state index in [0.29, 0.717) is 11.0 Å². The van der Waals surface area contributed by atoms with Gasteiger partial charge >= 0.3 is 5.97 Å². The van der Waals surface area contributed by atoms with Crippen LogP contribution in [0, 0.1) is 23.2 Å². The van der Waals surface area contributed by atoms with Crippen LogP contribution in [0.25, 0.3) is 0 Å². The Labute approximate surface area is 96.7 Å². The number of aliphatic carboxylic acids is 1. The summed E-state index contributed by atoms with van der Waals surface area (Å²) in [7, 11) is 0. The van der Waals surface area contributed by atoms with Crippen molar-refractivity contribution in [3.05, 3.63) is 12.2 Å². The minimum atomic E-state index is -0.796. The van der Waals surface area contributed by atoms with E-state index in [1.165, 1.54) is 38.5 Å². The highest BCUT2D eigenvalue weighted by atomic mass is 16.4. The molecule has 4 aliphatic rings. The summed E-state index contributed by atoms with van der Waals surface area (Å²) in [6, 6.07) is 0. The summed E-state index contributed by atoms with van der Waals surface area (Å²) >= 11 is 0. The van der Waals surface area contributed by atoms with E-state index in [0.717, 1.165) is 24.2 Å². The van der Waals surface area contributed by atoms with Gasteiger partial charge in [-0.3, -0.25) is 0 Å². The van der Waals surface area contributed by atoms with Gasteiger partial charge in [0.05, 0.1) is 0 Å². The van der Waals surface area contributed by atoms with Gasteiger partial charge in [-0.1, -0.05) is 6.58 Å². The van der Waals surface area contributed by atoms with E-state index in [1.54, 1.807) is 0 Å². The SMILES string of the molecule is C=C(CC12CC3CC(CC(C3)C1)C2)C(=O)O. The van der Waals surface area contributed by atoms with E-state index >= 15 is 0 Å². The van der Waals surface area contributed by atoms with Gasteiger partial charge in [-0.15, -0.1) is 0 Å². The van der Waals surface area contributed by atoms with Crippen LogP contribution < -0.4 is 0 Å². The Morgan fingerprint density at radius 2 is 1.56 bits per heavy atom. The molecule has 4 rings (SSSR count). The summed E-state index contributed by atoms with van der Waals surface area (Å²) in [6.45, 7) is 3.73. The molecule has 0 amide bonds. The summed E-state index contributed by atoms with van der Waals surface area (Å²) in [5, 5.41) is 8.98. The molecule has 0 spiro atoms. The van der Waals surface area contributed by atoms with Gasteiger partial charge in [0.2, 0.25) is 0 Å². The van der Waals surface area contributed by atoms with E-state index in [9.17, 15) is 4.79 Å². The highest BCUT2D eigenvalue weighted by molar-refractivity contribution is 5.85. The van der Waals surface area contributed by atoms with Gasteiger partial charge in [0.25, 0.3) is 0 Å². The summed E-state index contributed by atoms with van der Waals surface area (Å²) in [6.07, 6.45) is 8.80. The Morgan fingerprint density at radius 3 is 1.94 bits per heavy atom. The molecule has 16 heavy (non-hydrogen) atoms. The first-order chi connectivity index (χ1) is 7.56. The van der Waals surface area contributed by atoms with Crippen LogP contribution in [0.3, 0.4) is 0 Å². The van der Waals surface area contributed by atoms with Crippen molar-refractivity contribution in [3.8, 4) is 0 Å². The van der Waals surface area contributed by atoms with Crippen molar-refractivity contribution in [2.45, 2.75) is 44.9 Å². The standard InChI is InChI=1S/C14H20O2/c1-9(13(15)16)5-14-6-10-2-11(7-14)4-12(3-10)8-14/h10-12H,1-8H2,(H,15,16). The Balaban J connectivity index is 1.78. The number of hydrogen-bond donors (Lipinski definition) is 1. The van der Waals surface area contributed by atoms with Gasteiger partial charge < -0.3 is 5.11 Å². The van der Waals surface area contributed by atoms with Crippen molar-refractivity contribution in [1.29, 1.82) is 0 Å². The van der Waals surface area contributed by atoms with Crippen molar-refractivity contribution < 1.29 is 9.90 Å². The molecule has 0 radical (unpaired) electrons. The molecule has 4 saturated carbocycles. The zero-order valence-corrected chi connectivity index (χ0v) is 9.74. The van der Waals surface area contributed by atoms with Gasteiger partial charge in [-0.2, -0.15) is 0 Å². The van der Waals surface area contributed by atoms with Crippen LogP contribution in [0.2, 0.25) is 0 Å². The molecule has 88 valence electrons. The smallest absolute Gasteiger partial charge is 0.330 e. The van der Waals surface area contributed by atoms with Gasteiger partial charge in [0, 0.05) is 5.57 Å². The Morgan fingerprint density at radius 1 is 1.12 bits per heavy atom. The molecule has 0 aromatic rings. The first-order valence-electron chi connectivity index (χ1n) is 6.47. The maximum absolute atomic E-state index is 10.9. The van der Waals surface area contributed by atoms with Crippen molar-refractivity contribution in [2.75, 3.05) is 0 Å². The Hall–Kier alpha value is -0.790. The average Bonchev–Trinajstić information content (AvgIpc) is 2.13. The van der Waals surface area contributed by atoms with Gasteiger partial charge in [-0.25, -0.2) is 4.79 Å². The summed E-state index contributed by atoms with van der Waals surface area (Å²) in [5.41, 5.74) is 0.756. The summed E-state index contributed by atoms with van der Waals surface area (Å²) in [5.74, 6) is 1.89. The maximum atomic E-state index is 10.9. The lowest BCUT2D eigenvalue weighted by Gasteiger charge is -2.57. The molecule has 2 nitrogen and oxygen atoms in total. The van der Waals surface area contributed by atoms with E-state index in [2.05, 4.69) is 6.58 Å². The minimum Gasteiger partial charge on any atom is -0.478 e. The molecule has 0 aliphatic heterocycles. The van der Waals surface area contributed by atoms with Crippen LogP contribution in [-0.4, -0.2) is 11.1 Å². The minimum absolute atomic E-state index is 0.324. The Kier molecular flexibility index (Phi) is 2.17. The third kappa shape index (κ3) is 1.59. The molecule has 2 heteroatoms. The molecule has 0 aromatic heterocycles. The largest absolute Gasteiger partial charge is 0.478 e. The predicted molar refractivity (Wildman–Crippen MR) is 62.0 cm³/mol. The van der Waals surface area contributed by atoms with Crippen molar-refractivity contribution >= 4 is 5.97 Å². The molecule has 0 saturated heterocycles. The van der Waals surface area contributed by atoms with Crippen molar-refractivity contribution in [1.82, 2.24) is 0 Å². The normalized spacial score (nSPS) is 44.6. The number of carbonyl (C=O) groups is 1. The lowest BCUT2D eigenvalue weighted by molar-refractivity contribution is -0.133. The van der Waals surface area contributed by atoms with Crippen LogP contribution in [0.15, 0.2) is 12.2 Å². The highest BCUT2D eigenvalue weighted by Crippen LogP contribution is 2.61. The quantitative estimate of drug-likeness (QED) is 0.741. The second kappa shape index (κ2) is 3.35. The average molecular weight is 220 g/mol. The molecule has 0 aromatic carbocycles. The fourth-order valence-electron chi connectivity index (χ4n) is 5.03. The third-order valence-electron chi connectivity index (χ3n) is 5.06. The van der Waals surface area contributed by atoms with Gasteiger partial charge in [0.15, 0.2) is 0 Å². The van der Waals surface area contributed by atoms with Gasteiger partial charge in [-0.05, 0) is 68.1 Å². The lowest BCUT2D eigenvalue weighted by atomic mass is 9.48. The van der Waals surface area contributed by atoms with E-state index in [4.69, 9.17) is 5.11 Å². The predicted octanol–water partition coefficient (Wildman–Crippen LogP) is 3.23. The zero-order valence-electron chi connectivity index (χ0n) is 9.74. The summed E-state index contributed by atoms with van der Waals surface area (Å²) in [4.78, 5) is 10.9. The first kappa shape index (κ1) is 10.4. The van der Waals surface area contributed by atoms with Crippen molar-refractivity contribution in [2.24, 2.45) is 23.2 Å². The third-order valence-corrected chi connectivity index (χ3v) is 5.06. The molecule has 4 aliphatic carbocycles. The second-order valence-electron chi connectivity index (χ2n) is 6.50. The molecule has 0 heterocycles. The molecule has 1 N–H and O–H groups in total. The van der Waals surface area contributed by atoms with Crippen molar-refractivity contribution in [3.63, 3.8) is 0 Å². The molecular weight excluding hydrogens is 200 g/mol. The van der Waals surface area contributed by atoms with Crippen LogP contribution in [0.4, 0.5) is 0 Å².